The zero-order valence-electron chi connectivity index (χ0n) is 14.9. The summed E-state index contributed by atoms with van der Waals surface area (Å²) in [6, 6.07) is 10.2. The highest BCUT2D eigenvalue weighted by atomic mass is 127. The molecular weight excluding hydrogens is 488 g/mol. The van der Waals surface area contributed by atoms with Gasteiger partial charge in [0.1, 0.15) is 11.5 Å². The van der Waals surface area contributed by atoms with Gasteiger partial charge in [-0.1, -0.05) is 12.0 Å². The largest absolute Gasteiger partial charge is 0.340 e. The Kier molecular flexibility index (Phi) is 4.82. The van der Waals surface area contributed by atoms with Gasteiger partial charge in [0, 0.05) is 43.5 Å². The lowest BCUT2D eigenvalue weighted by Crippen LogP contribution is -2.13. The summed E-state index contributed by atoms with van der Waals surface area (Å²) in [5, 5.41) is 13.6. The summed E-state index contributed by atoms with van der Waals surface area (Å²) in [5.74, 6) is 2.31. The van der Waals surface area contributed by atoms with E-state index in [4.69, 9.17) is 5.26 Å². The predicted octanol–water partition coefficient (Wildman–Crippen LogP) is 5.62. The monoisotopic (exact) mass is 501 g/mol. The molecule has 2 aromatic carbocycles. The molecule has 0 bridgehead atoms. The number of fused-ring (bicyclic) bond motifs is 4. The minimum Gasteiger partial charge on any atom is -0.340 e. The van der Waals surface area contributed by atoms with E-state index in [1.165, 1.54) is 21.1 Å². The summed E-state index contributed by atoms with van der Waals surface area (Å²) in [7, 11) is 1.26. The zero-order valence-corrected chi connectivity index (χ0v) is 17.9. The van der Waals surface area contributed by atoms with Crippen LogP contribution in [-0.4, -0.2) is 9.55 Å². The van der Waals surface area contributed by atoms with E-state index in [1.54, 1.807) is 18.2 Å². The number of benzene rings is 2. The Hall–Kier alpha value is -2.49. The second-order valence-corrected chi connectivity index (χ2v) is 8.35. The lowest BCUT2D eigenvalue weighted by molar-refractivity contribution is 0.615. The van der Waals surface area contributed by atoms with Gasteiger partial charge in [0.25, 0.3) is 0 Å². The number of aromatic amines is 1. The van der Waals surface area contributed by atoms with E-state index in [0.29, 0.717) is 33.0 Å². The summed E-state index contributed by atoms with van der Waals surface area (Å²) in [5.41, 5.74) is 2.38. The van der Waals surface area contributed by atoms with Crippen molar-refractivity contribution in [3.05, 3.63) is 57.5 Å². The molecule has 138 valence electrons. The number of pyridine rings is 1. The highest BCUT2D eigenvalue weighted by Crippen LogP contribution is 2.30. The van der Waals surface area contributed by atoms with Crippen molar-refractivity contribution in [2.75, 3.05) is 0 Å². The summed E-state index contributed by atoms with van der Waals surface area (Å²) >= 11 is 2.02. The number of halogens is 2. The van der Waals surface area contributed by atoms with Crippen LogP contribution in [0.25, 0.3) is 32.8 Å². The van der Waals surface area contributed by atoms with Crippen LogP contribution >= 0.6 is 30.1 Å². The van der Waals surface area contributed by atoms with Crippen molar-refractivity contribution >= 4 is 63.0 Å². The van der Waals surface area contributed by atoms with Crippen molar-refractivity contribution in [1.82, 2.24) is 9.55 Å². The molecule has 0 spiro atoms. The molecule has 0 aliphatic carbocycles. The van der Waals surface area contributed by atoms with Gasteiger partial charge in [0.2, 0.25) is 0 Å². The van der Waals surface area contributed by atoms with Crippen LogP contribution in [0.15, 0.2) is 35.1 Å². The van der Waals surface area contributed by atoms with E-state index in [9.17, 15) is 9.18 Å². The normalized spacial score (nSPS) is 11.1. The minimum absolute atomic E-state index is 0.0182. The molecule has 0 radical (unpaired) electrons. The Morgan fingerprint density at radius 2 is 2.04 bits per heavy atom. The van der Waals surface area contributed by atoms with E-state index in [1.807, 2.05) is 39.6 Å². The average molecular weight is 501 g/mol. The van der Waals surface area contributed by atoms with Crippen LogP contribution in [0.1, 0.15) is 31.0 Å². The summed E-state index contributed by atoms with van der Waals surface area (Å²) in [4.78, 5) is 16.6. The third-order valence-electron chi connectivity index (χ3n) is 4.71. The second kappa shape index (κ2) is 7.16. The van der Waals surface area contributed by atoms with Gasteiger partial charge in [0.05, 0.1) is 28.1 Å². The lowest BCUT2D eigenvalue weighted by atomic mass is 10.1. The fourth-order valence-electron chi connectivity index (χ4n) is 3.57. The number of rotatable bonds is 1. The van der Waals surface area contributed by atoms with Crippen LogP contribution < -0.4 is 5.43 Å². The van der Waals surface area contributed by atoms with Gasteiger partial charge >= 0.3 is 0 Å². The average Bonchev–Trinajstić information content (AvgIpc) is 3.04. The molecule has 4 nitrogen and oxygen atoms in total. The maximum Gasteiger partial charge on any atom is 0.199 e. The third-order valence-corrected chi connectivity index (χ3v) is 5.55. The van der Waals surface area contributed by atoms with Crippen molar-refractivity contribution < 1.29 is 4.39 Å². The first-order valence-electron chi connectivity index (χ1n) is 8.48. The van der Waals surface area contributed by atoms with Crippen molar-refractivity contribution in [2.24, 2.45) is 0 Å². The van der Waals surface area contributed by atoms with E-state index in [0.717, 1.165) is 5.39 Å². The molecule has 1 N–H and O–H groups in total. The maximum absolute atomic E-state index is 14.6. The van der Waals surface area contributed by atoms with Gasteiger partial charge in [-0.3, -0.25) is 4.79 Å². The molecule has 0 fully saturated rings. The van der Waals surface area contributed by atoms with Gasteiger partial charge in [-0.25, -0.2) is 4.39 Å². The van der Waals surface area contributed by atoms with Crippen molar-refractivity contribution in [2.45, 2.75) is 19.9 Å². The molecule has 28 heavy (non-hydrogen) atoms. The van der Waals surface area contributed by atoms with Crippen molar-refractivity contribution in [3.8, 4) is 17.2 Å². The second-order valence-electron chi connectivity index (χ2n) is 6.67. The molecule has 2 aromatic heterocycles. The molecule has 7 heteroatoms. The summed E-state index contributed by atoms with van der Waals surface area (Å²) < 4.78 is 16.6. The number of aromatic nitrogens is 2. The van der Waals surface area contributed by atoms with Crippen LogP contribution in [0.3, 0.4) is 0 Å². The van der Waals surface area contributed by atoms with Gasteiger partial charge in [-0.2, -0.15) is 5.26 Å². The number of H-pyrrole nitrogens is 1. The first-order chi connectivity index (χ1) is 13.5. The van der Waals surface area contributed by atoms with Gasteiger partial charge < -0.3 is 9.55 Å². The maximum atomic E-state index is 14.6. The van der Waals surface area contributed by atoms with Gasteiger partial charge in [-0.15, -0.1) is 0 Å². The Morgan fingerprint density at radius 1 is 1.25 bits per heavy atom. The predicted molar refractivity (Wildman–Crippen MR) is 121 cm³/mol. The third kappa shape index (κ3) is 2.86. The minimum atomic E-state index is -0.457. The van der Waals surface area contributed by atoms with Crippen LogP contribution in [0.2, 0.25) is 0 Å². The lowest BCUT2D eigenvalue weighted by Gasteiger charge is -2.17. The molecule has 0 aliphatic heterocycles. The molecular formula is C21H13FIN3OS. The molecule has 2 heterocycles. The molecule has 4 aromatic rings. The molecule has 0 saturated heterocycles. The number of nitrogens with one attached hydrogen (secondary N) is 1. The molecule has 0 aliphatic rings. The standard InChI is InChI=1S/C21H13FIN3OS/c1-11(2)26-18-9-16(22)13(5-6-28-23)8-15(18)20(27)19-14-4-3-12(10-24)7-17(14)25-21(19)26/h3-4,7-9,11,25H,1-2H3. The molecule has 0 unspecified atom stereocenters. The molecule has 0 atom stereocenters. The SMILES string of the molecule is CC(C)n1c2cc(F)c(C#CSI)cc2c(=O)c2c3ccc(C#N)cc3[nH]c21. The van der Waals surface area contributed by atoms with E-state index >= 15 is 0 Å². The first kappa shape index (κ1) is 18.9. The highest BCUT2D eigenvalue weighted by Gasteiger charge is 2.19. The topological polar surface area (TPSA) is 61.6 Å². The van der Waals surface area contributed by atoms with E-state index in [2.05, 4.69) is 22.2 Å². The fraction of sp³-hybridized carbons (Fsp3) is 0.143. The Balaban J connectivity index is 2.24. The summed E-state index contributed by atoms with van der Waals surface area (Å²) in [6.45, 7) is 3.96. The highest BCUT2D eigenvalue weighted by molar-refractivity contribution is 14.2. The van der Waals surface area contributed by atoms with Crippen LogP contribution in [0, 0.1) is 28.3 Å². The van der Waals surface area contributed by atoms with Crippen LogP contribution in [-0.2, 0) is 0 Å². The smallest absolute Gasteiger partial charge is 0.199 e. The van der Waals surface area contributed by atoms with Gasteiger partial charge in [-0.05, 0) is 52.3 Å². The number of hydrogen-bond donors (Lipinski definition) is 1. The number of hydrogen-bond acceptors (Lipinski definition) is 3. The van der Waals surface area contributed by atoms with E-state index < -0.39 is 5.82 Å². The first-order valence-corrected chi connectivity index (χ1v) is 11.8. The van der Waals surface area contributed by atoms with Crippen LogP contribution in [0.4, 0.5) is 4.39 Å². The van der Waals surface area contributed by atoms with Crippen molar-refractivity contribution in [1.29, 1.82) is 5.26 Å². The quantitative estimate of drug-likeness (QED) is 0.272. The Labute approximate surface area is 176 Å². The molecule has 4 rings (SSSR count). The fourth-order valence-corrected chi connectivity index (χ4v) is 4.05. The van der Waals surface area contributed by atoms with E-state index in [-0.39, 0.29) is 17.0 Å². The zero-order chi connectivity index (χ0) is 20.0. The summed E-state index contributed by atoms with van der Waals surface area (Å²) in [6.07, 6.45) is 0. The molecule has 0 saturated carbocycles. The Bertz CT molecular complexity index is 1430. The molecule has 0 amide bonds. The van der Waals surface area contributed by atoms with Crippen molar-refractivity contribution in [3.63, 3.8) is 0 Å². The Morgan fingerprint density at radius 3 is 2.71 bits per heavy atom. The number of nitriles is 1. The van der Waals surface area contributed by atoms with Crippen LogP contribution in [0.5, 0.6) is 0 Å². The van der Waals surface area contributed by atoms with Gasteiger partial charge in [0.15, 0.2) is 5.43 Å². The number of nitrogens with zero attached hydrogens (tertiary/aromatic N) is 2.